The molecule has 3 heteroatoms. The molecule has 92 valence electrons. The van der Waals surface area contributed by atoms with E-state index in [1.54, 1.807) is 0 Å². The van der Waals surface area contributed by atoms with Crippen molar-refractivity contribution in [3.05, 3.63) is 35.9 Å². The Hall–Kier alpha value is -1.35. The number of hydrogen-bond donors (Lipinski definition) is 1. The highest BCUT2D eigenvalue weighted by molar-refractivity contribution is 5.87. The zero-order chi connectivity index (χ0) is 12.1. The van der Waals surface area contributed by atoms with Crippen LogP contribution >= 0.6 is 0 Å². The summed E-state index contributed by atoms with van der Waals surface area (Å²) in [4.78, 5) is 2.41. The third-order valence-electron chi connectivity index (χ3n) is 3.42. The van der Waals surface area contributed by atoms with Gasteiger partial charge in [-0.3, -0.25) is 4.90 Å². The number of benzene rings is 1. The third kappa shape index (κ3) is 2.86. The largest absolute Gasteiger partial charge is 0.411 e. The summed E-state index contributed by atoms with van der Waals surface area (Å²) in [5, 5.41) is 12.5. The molecule has 0 unspecified atom stereocenters. The molecule has 1 fully saturated rings. The Balaban J connectivity index is 2.25. The smallest absolute Gasteiger partial charge is 0.0767 e. The predicted molar refractivity (Wildman–Crippen MR) is 69.5 cm³/mol. The van der Waals surface area contributed by atoms with E-state index in [2.05, 4.69) is 22.2 Å². The van der Waals surface area contributed by atoms with Gasteiger partial charge in [0.1, 0.15) is 0 Å². The quantitative estimate of drug-likeness (QED) is 0.494. The first-order chi connectivity index (χ1) is 8.33. The summed E-state index contributed by atoms with van der Waals surface area (Å²) < 4.78 is 0. The lowest BCUT2D eigenvalue weighted by Crippen LogP contribution is -2.37. The van der Waals surface area contributed by atoms with Crippen molar-refractivity contribution in [2.24, 2.45) is 5.16 Å². The van der Waals surface area contributed by atoms with E-state index in [0.717, 1.165) is 18.8 Å². The summed E-state index contributed by atoms with van der Waals surface area (Å²) in [6.45, 7) is 4.07. The summed E-state index contributed by atoms with van der Waals surface area (Å²) in [7, 11) is 0. The van der Waals surface area contributed by atoms with Crippen LogP contribution in [-0.2, 0) is 0 Å². The SMILES string of the molecule is C/C(=N\O)[C@@H](c1ccccc1)N1CCCCC1. The molecule has 0 amide bonds. The number of likely N-dealkylation sites (tertiary alicyclic amines) is 1. The van der Waals surface area contributed by atoms with E-state index in [-0.39, 0.29) is 6.04 Å². The molecule has 0 aliphatic carbocycles. The van der Waals surface area contributed by atoms with E-state index in [1.165, 1.54) is 24.8 Å². The van der Waals surface area contributed by atoms with Crippen molar-refractivity contribution < 1.29 is 5.21 Å². The van der Waals surface area contributed by atoms with Gasteiger partial charge in [-0.1, -0.05) is 41.9 Å². The molecule has 0 saturated carbocycles. The number of nitrogens with zero attached hydrogens (tertiary/aromatic N) is 2. The molecule has 2 rings (SSSR count). The second kappa shape index (κ2) is 5.82. The van der Waals surface area contributed by atoms with Crippen molar-refractivity contribution in [3.8, 4) is 0 Å². The molecule has 1 saturated heterocycles. The zero-order valence-corrected chi connectivity index (χ0v) is 10.3. The summed E-state index contributed by atoms with van der Waals surface area (Å²) in [6, 6.07) is 10.4. The first-order valence-electron chi connectivity index (χ1n) is 6.30. The molecule has 1 heterocycles. The van der Waals surface area contributed by atoms with Crippen molar-refractivity contribution in [1.82, 2.24) is 4.90 Å². The molecule has 0 spiro atoms. The fourth-order valence-electron chi connectivity index (χ4n) is 2.58. The van der Waals surface area contributed by atoms with E-state index in [9.17, 15) is 0 Å². The third-order valence-corrected chi connectivity index (χ3v) is 3.42. The highest BCUT2D eigenvalue weighted by Gasteiger charge is 2.24. The summed E-state index contributed by atoms with van der Waals surface area (Å²) in [6.07, 6.45) is 3.79. The average molecular weight is 232 g/mol. The first-order valence-corrected chi connectivity index (χ1v) is 6.30. The lowest BCUT2D eigenvalue weighted by Gasteiger charge is -2.34. The van der Waals surface area contributed by atoms with Gasteiger partial charge in [0.15, 0.2) is 0 Å². The minimum Gasteiger partial charge on any atom is -0.411 e. The van der Waals surface area contributed by atoms with Gasteiger partial charge < -0.3 is 5.21 Å². The minimum absolute atomic E-state index is 0.126. The van der Waals surface area contributed by atoms with E-state index in [1.807, 2.05) is 25.1 Å². The predicted octanol–water partition coefficient (Wildman–Crippen LogP) is 3.06. The lowest BCUT2D eigenvalue weighted by molar-refractivity contribution is 0.197. The molecule has 0 bridgehead atoms. The van der Waals surface area contributed by atoms with Crippen molar-refractivity contribution in [2.45, 2.75) is 32.2 Å². The van der Waals surface area contributed by atoms with Gasteiger partial charge in [0, 0.05) is 0 Å². The van der Waals surface area contributed by atoms with Crippen LogP contribution in [-0.4, -0.2) is 28.9 Å². The second-order valence-corrected chi connectivity index (χ2v) is 4.65. The Morgan fingerprint density at radius 3 is 2.41 bits per heavy atom. The number of rotatable bonds is 3. The van der Waals surface area contributed by atoms with Gasteiger partial charge in [-0.25, -0.2) is 0 Å². The molecule has 0 aromatic heterocycles. The molecule has 1 aliphatic rings. The molecule has 1 aliphatic heterocycles. The van der Waals surface area contributed by atoms with Crippen LogP contribution in [0.5, 0.6) is 0 Å². The topological polar surface area (TPSA) is 35.8 Å². The maximum Gasteiger partial charge on any atom is 0.0767 e. The van der Waals surface area contributed by atoms with Gasteiger partial charge >= 0.3 is 0 Å². The lowest BCUT2D eigenvalue weighted by atomic mass is 9.98. The van der Waals surface area contributed by atoms with E-state index < -0.39 is 0 Å². The Kier molecular flexibility index (Phi) is 4.15. The maximum atomic E-state index is 9.06. The molecule has 1 N–H and O–H groups in total. The Labute approximate surface area is 103 Å². The molecule has 0 radical (unpaired) electrons. The van der Waals surface area contributed by atoms with Crippen molar-refractivity contribution in [3.63, 3.8) is 0 Å². The van der Waals surface area contributed by atoms with E-state index in [4.69, 9.17) is 5.21 Å². The van der Waals surface area contributed by atoms with E-state index >= 15 is 0 Å². The fraction of sp³-hybridized carbons (Fsp3) is 0.500. The zero-order valence-electron chi connectivity index (χ0n) is 10.3. The average Bonchev–Trinajstić information content (AvgIpc) is 2.41. The fourth-order valence-corrected chi connectivity index (χ4v) is 2.58. The van der Waals surface area contributed by atoms with Gasteiger partial charge in [0.05, 0.1) is 11.8 Å². The normalized spacial score (nSPS) is 20.2. The van der Waals surface area contributed by atoms with Crippen LogP contribution < -0.4 is 0 Å². The molecular weight excluding hydrogens is 212 g/mol. The molecule has 1 aromatic carbocycles. The van der Waals surface area contributed by atoms with E-state index in [0.29, 0.717) is 0 Å². The molecule has 17 heavy (non-hydrogen) atoms. The van der Waals surface area contributed by atoms with Crippen molar-refractivity contribution in [1.29, 1.82) is 0 Å². The Morgan fingerprint density at radius 1 is 1.18 bits per heavy atom. The standard InChI is InChI=1S/C14H20N2O/c1-12(15-17)14(13-8-4-2-5-9-13)16-10-6-3-7-11-16/h2,4-5,8-9,14,17H,3,6-7,10-11H2,1H3/b15-12+/t14-/m0/s1. The van der Waals surface area contributed by atoms with Crippen LogP contribution in [0.25, 0.3) is 0 Å². The Morgan fingerprint density at radius 2 is 1.82 bits per heavy atom. The van der Waals surface area contributed by atoms with Gasteiger partial charge in [0.2, 0.25) is 0 Å². The van der Waals surface area contributed by atoms with Crippen molar-refractivity contribution >= 4 is 5.71 Å². The van der Waals surface area contributed by atoms with Crippen LogP contribution in [0.4, 0.5) is 0 Å². The minimum atomic E-state index is 0.126. The van der Waals surface area contributed by atoms with Gasteiger partial charge in [0.25, 0.3) is 0 Å². The monoisotopic (exact) mass is 232 g/mol. The molecule has 1 atom stereocenters. The van der Waals surface area contributed by atoms with Crippen molar-refractivity contribution in [2.75, 3.05) is 13.1 Å². The molecular formula is C14H20N2O. The number of piperidine rings is 1. The van der Waals surface area contributed by atoms with Crippen LogP contribution in [0, 0.1) is 0 Å². The van der Waals surface area contributed by atoms with Crippen LogP contribution in [0.2, 0.25) is 0 Å². The van der Waals surface area contributed by atoms with Crippen LogP contribution in [0.1, 0.15) is 37.8 Å². The number of hydrogen-bond acceptors (Lipinski definition) is 3. The molecule has 1 aromatic rings. The van der Waals surface area contributed by atoms with Gasteiger partial charge in [-0.2, -0.15) is 0 Å². The maximum absolute atomic E-state index is 9.06. The molecule has 3 nitrogen and oxygen atoms in total. The van der Waals surface area contributed by atoms with Gasteiger partial charge in [-0.05, 0) is 38.4 Å². The first kappa shape index (κ1) is 12.1. The van der Waals surface area contributed by atoms with Crippen LogP contribution in [0.3, 0.4) is 0 Å². The Bertz CT molecular complexity index is 369. The number of oxime groups is 1. The summed E-state index contributed by atoms with van der Waals surface area (Å²) in [5.41, 5.74) is 1.99. The summed E-state index contributed by atoms with van der Waals surface area (Å²) >= 11 is 0. The van der Waals surface area contributed by atoms with Gasteiger partial charge in [-0.15, -0.1) is 0 Å². The second-order valence-electron chi connectivity index (χ2n) is 4.65. The summed E-state index contributed by atoms with van der Waals surface area (Å²) in [5.74, 6) is 0. The highest BCUT2D eigenvalue weighted by Crippen LogP contribution is 2.25. The highest BCUT2D eigenvalue weighted by atomic mass is 16.4. The van der Waals surface area contributed by atoms with Crippen LogP contribution in [0.15, 0.2) is 35.5 Å².